The van der Waals surface area contributed by atoms with Crippen molar-refractivity contribution in [2.75, 3.05) is 13.2 Å². The fourth-order valence-corrected chi connectivity index (χ4v) is 2.13. The highest BCUT2D eigenvalue weighted by molar-refractivity contribution is 5.53. The van der Waals surface area contributed by atoms with Gasteiger partial charge in [0.15, 0.2) is 6.29 Å². The van der Waals surface area contributed by atoms with Gasteiger partial charge in [-0.1, -0.05) is 19.9 Å². The molecule has 0 saturated carbocycles. The smallest absolute Gasteiger partial charge is 0.162 e. The summed E-state index contributed by atoms with van der Waals surface area (Å²) in [5.41, 5.74) is -0.108. The molecule has 0 aromatic carbocycles. The number of rotatable bonds is 7. The number of carbonyl (C=O) groups is 1. The van der Waals surface area contributed by atoms with Crippen LogP contribution in [0.25, 0.3) is 0 Å². The minimum absolute atomic E-state index is 0.0702. The predicted molar refractivity (Wildman–Crippen MR) is 63.1 cm³/mol. The van der Waals surface area contributed by atoms with Crippen molar-refractivity contribution in [2.45, 2.75) is 39.4 Å². The van der Waals surface area contributed by atoms with Crippen LogP contribution in [-0.4, -0.2) is 25.8 Å². The highest BCUT2D eigenvalue weighted by atomic mass is 16.7. The number of ether oxygens (including phenoxy) is 2. The number of aldehydes is 1. The highest BCUT2D eigenvalue weighted by Gasteiger charge is 2.35. The average molecular weight is 226 g/mol. The molecule has 16 heavy (non-hydrogen) atoms. The Morgan fingerprint density at radius 1 is 1.44 bits per heavy atom. The lowest BCUT2D eigenvalue weighted by molar-refractivity contribution is -0.131. The van der Waals surface area contributed by atoms with E-state index in [4.69, 9.17) is 9.47 Å². The molecule has 0 N–H and O–H groups in total. The number of hydrogen-bond acceptors (Lipinski definition) is 3. The first-order chi connectivity index (χ1) is 7.60. The van der Waals surface area contributed by atoms with Gasteiger partial charge < -0.3 is 14.3 Å². The quantitative estimate of drug-likeness (QED) is 0.494. The Kier molecular flexibility index (Phi) is 5.16. The van der Waals surface area contributed by atoms with Gasteiger partial charge in [-0.15, -0.1) is 6.58 Å². The maximum atomic E-state index is 11.0. The van der Waals surface area contributed by atoms with E-state index in [1.807, 2.05) is 6.08 Å². The molecule has 1 unspecified atom stereocenters. The van der Waals surface area contributed by atoms with Gasteiger partial charge in [-0.25, -0.2) is 0 Å². The lowest BCUT2D eigenvalue weighted by Gasteiger charge is -2.31. The van der Waals surface area contributed by atoms with Gasteiger partial charge in [-0.3, -0.25) is 0 Å². The van der Waals surface area contributed by atoms with E-state index in [1.54, 1.807) is 0 Å². The van der Waals surface area contributed by atoms with Crippen molar-refractivity contribution in [3.8, 4) is 0 Å². The van der Waals surface area contributed by atoms with E-state index < -0.39 is 0 Å². The Bertz CT molecular complexity index is 229. The molecule has 0 radical (unpaired) electrons. The second kappa shape index (κ2) is 6.16. The zero-order valence-corrected chi connectivity index (χ0v) is 10.3. The summed E-state index contributed by atoms with van der Waals surface area (Å²) in [6, 6.07) is 0. The van der Waals surface area contributed by atoms with Crippen molar-refractivity contribution < 1.29 is 14.3 Å². The molecule has 0 aromatic rings. The number of allylic oxidation sites excluding steroid dienone is 1. The van der Waals surface area contributed by atoms with Gasteiger partial charge in [0.25, 0.3) is 0 Å². The van der Waals surface area contributed by atoms with E-state index in [0.29, 0.717) is 13.2 Å². The van der Waals surface area contributed by atoms with Crippen LogP contribution in [0.3, 0.4) is 0 Å². The molecule has 1 aliphatic heterocycles. The molecule has 3 nitrogen and oxygen atoms in total. The van der Waals surface area contributed by atoms with Crippen LogP contribution in [0.15, 0.2) is 12.7 Å². The standard InChI is InChI=1S/C13H22O3/c1-4-5-6-11(10-14)9-13(2,3)12-15-7-8-16-12/h4,10-12H,1,5-9H2,2-3H3. The van der Waals surface area contributed by atoms with Crippen LogP contribution in [0.4, 0.5) is 0 Å². The zero-order chi connectivity index (χ0) is 12.0. The third-order valence-electron chi connectivity index (χ3n) is 2.98. The summed E-state index contributed by atoms with van der Waals surface area (Å²) in [5.74, 6) is 0.0702. The normalized spacial score (nSPS) is 19.6. The Hall–Kier alpha value is -0.670. The van der Waals surface area contributed by atoms with Crippen LogP contribution in [0.1, 0.15) is 33.1 Å². The minimum Gasteiger partial charge on any atom is -0.350 e. The third-order valence-corrected chi connectivity index (χ3v) is 2.98. The van der Waals surface area contributed by atoms with Crippen molar-refractivity contribution in [3.63, 3.8) is 0 Å². The summed E-state index contributed by atoms with van der Waals surface area (Å²) in [5, 5.41) is 0. The SMILES string of the molecule is C=CCCC(C=O)CC(C)(C)C1OCCO1. The molecule has 0 amide bonds. The van der Waals surface area contributed by atoms with Gasteiger partial charge in [0.2, 0.25) is 0 Å². The first kappa shape index (κ1) is 13.4. The molecule has 1 fully saturated rings. The van der Waals surface area contributed by atoms with Gasteiger partial charge >= 0.3 is 0 Å². The van der Waals surface area contributed by atoms with Crippen LogP contribution in [0.2, 0.25) is 0 Å². The lowest BCUT2D eigenvalue weighted by atomic mass is 9.81. The third kappa shape index (κ3) is 3.72. The Morgan fingerprint density at radius 3 is 2.56 bits per heavy atom. The van der Waals surface area contributed by atoms with E-state index in [-0.39, 0.29) is 17.6 Å². The Morgan fingerprint density at radius 2 is 2.06 bits per heavy atom. The number of carbonyl (C=O) groups excluding carboxylic acids is 1. The fraction of sp³-hybridized carbons (Fsp3) is 0.769. The largest absolute Gasteiger partial charge is 0.350 e. The van der Waals surface area contributed by atoms with Crippen molar-refractivity contribution in [1.29, 1.82) is 0 Å². The maximum Gasteiger partial charge on any atom is 0.162 e. The lowest BCUT2D eigenvalue weighted by Crippen LogP contribution is -2.32. The molecule has 1 atom stereocenters. The van der Waals surface area contributed by atoms with Gasteiger partial charge in [0.05, 0.1) is 13.2 Å². The molecule has 1 saturated heterocycles. The topological polar surface area (TPSA) is 35.5 Å². The van der Waals surface area contributed by atoms with Crippen molar-refractivity contribution in [2.24, 2.45) is 11.3 Å². The summed E-state index contributed by atoms with van der Waals surface area (Å²) >= 11 is 0. The maximum absolute atomic E-state index is 11.0. The van der Waals surface area contributed by atoms with E-state index >= 15 is 0 Å². The Balaban J connectivity index is 2.47. The van der Waals surface area contributed by atoms with E-state index in [9.17, 15) is 4.79 Å². The van der Waals surface area contributed by atoms with Crippen LogP contribution < -0.4 is 0 Å². The second-order valence-corrected chi connectivity index (χ2v) is 5.03. The molecule has 0 spiro atoms. The molecule has 1 aliphatic rings. The summed E-state index contributed by atoms with van der Waals surface area (Å²) in [6.45, 7) is 9.18. The number of hydrogen-bond donors (Lipinski definition) is 0. The van der Waals surface area contributed by atoms with Gasteiger partial charge in [0.1, 0.15) is 6.29 Å². The van der Waals surface area contributed by atoms with Crippen LogP contribution in [-0.2, 0) is 14.3 Å². The van der Waals surface area contributed by atoms with E-state index in [2.05, 4.69) is 20.4 Å². The molecule has 1 heterocycles. The fourth-order valence-electron chi connectivity index (χ4n) is 2.13. The van der Waals surface area contributed by atoms with Gasteiger partial charge in [-0.05, 0) is 19.3 Å². The zero-order valence-electron chi connectivity index (χ0n) is 10.3. The van der Waals surface area contributed by atoms with Crippen LogP contribution >= 0.6 is 0 Å². The molecular weight excluding hydrogens is 204 g/mol. The summed E-state index contributed by atoms with van der Waals surface area (Å²) < 4.78 is 11.0. The summed E-state index contributed by atoms with van der Waals surface area (Å²) in [7, 11) is 0. The molecule has 0 bridgehead atoms. The predicted octanol–water partition coefficient (Wildman–Crippen LogP) is 2.56. The van der Waals surface area contributed by atoms with Crippen molar-refractivity contribution in [1.82, 2.24) is 0 Å². The average Bonchev–Trinajstić information content (AvgIpc) is 2.78. The molecule has 92 valence electrons. The van der Waals surface area contributed by atoms with E-state index in [1.165, 1.54) is 0 Å². The first-order valence-corrected chi connectivity index (χ1v) is 5.89. The van der Waals surface area contributed by atoms with Crippen LogP contribution in [0, 0.1) is 11.3 Å². The van der Waals surface area contributed by atoms with Crippen molar-refractivity contribution in [3.05, 3.63) is 12.7 Å². The van der Waals surface area contributed by atoms with Gasteiger partial charge in [-0.2, -0.15) is 0 Å². The Labute approximate surface area is 97.8 Å². The van der Waals surface area contributed by atoms with Gasteiger partial charge in [0, 0.05) is 11.3 Å². The molecule has 0 aliphatic carbocycles. The second-order valence-electron chi connectivity index (χ2n) is 5.03. The first-order valence-electron chi connectivity index (χ1n) is 5.89. The highest BCUT2D eigenvalue weighted by Crippen LogP contribution is 2.34. The summed E-state index contributed by atoms with van der Waals surface area (Å²) in [6.07, 6.45) is 5.27. The summed E-state index contributed by atoms with van der Waals surface area (Å²) in [4.78, 5) is 11.0. The van der Waals surface area contributed by atoms with Crippen molar-refractivity contribution >= 4 is 6.29 Å². The van der Waals surface area contributed by atoms with Crippen LogP contribution in [0.5, 0.6) is 0 Å². The molecule has 1 rings (SSSR count). The minimum atomic E-state index is -0.168. The van der Waals surface area contributed by atoms with E-state index in [0.717, 1.165) is 25.5 Å². The molecule has 0 aromatic heterocycles. The molecule has 3 heteroatoms. The monoisotopic (exact) mass is 226 g/mol. The molecular formula is C13H22O3.